The average molecular weight is 245 g/mol. The largest absolute Gasteiger partial charge is 0.465 e. The summed E-state index contributed by atoms with van der Waals surface area (Å²) < 4.78 is 27.7. The second-order valence-corrected chi connectivity index (χ2v) is 6.52. The fourth-order valence-electron chi connectivity index (χ4n) is 1.70. The highest BCUT2D eigenvalue weighted by atomic mass is 32.2. The molecule has 0 spiro atoms. The van der Waals surface area contributed by atoms with E-state index in [9.17, 15) is 8.42 Å². The second kappa shape index (κ2) is 5.01. The van der Waals surface area contributed by atoms with Gasteiger partial charge in [-0.25, -0.2) is 8.42 Å². The van der Waals surface area contributed by atoms with E-state index in [1.807, 2.05) is 32.9 Å². The molecule has 1 aromatic rings. The molecule has 0 amide bonds. The number of rotatable bonds is 5. The first kappa shape index (κ1) is 13.3. The van der Waals surface area contributed by atoms with Crippen molar-refractivity contribution in [2.75, 3.05) is 12.0 Å². The molecule has 0 aliphatic rings. The molecule has 0 bridgehead atoms. The van der Waals surface area contributed by atoms with Gasteiger partial charge in [0.2, 0.25) is 0 Å². The summed E-state index contributed by atoms with van der Waals surface area (Å²) in [6.45, 7) is 5.69. The zero-order chi connectivity index (χ0) is 12.3. The first-order valence-corrected chi connectivity index (χ1v) is 7.34. The van der Waals surface area contributed by atoms with Crippen LogP contribution in [0.25, 0.3) is 0 Å². The molecule has 0 radical (unpaired) electrons. The van der Waals surface area contributed by atoms with Crippen molar-refractivity contribution in [1.82, 2.24) is 5.32 Å². The van der Waals surface area contributed by atoms with E-state index in [2.05, 4.69) is 5.32 Å². The van der Waals surface area contributed by atoms with Crippen LogP contribution in [0.1, 0.15) is 31.4 Å². The van der Waals surface area contributed by atoms with Crippen LogP contribution in [0.15, 0.2) is 16.5 Å². The minimum absolute atomic E-state index is 0.0189. The highest BCUT2D eigenvalue weighted by Gasteiger charge is 2.15. The Morgan fingerprint density at radius 2 is 2.00 bits per heavy atom. The molecule has 92 valence electrons. The quantitative estimate of drug-likeness (QED) is 0.857. The summed E-state index contributed by atoms with van der Waals surface area (Å²) in [7, 11) is -2.94. The molecule has 2 unspecified atom stereocenters. The van der Waals surface area contributed by atoms with Gasteiger partial charge in [0.1, 0.15) is 21.4 Å². The zero-order valence-electron chi connectivity index (χ0n) is 10.1. The van der Waals surface area contributed by atoms with E-state index in [4.69, 9.17) is 4.42 Å². The van der Waals surface area contributed by atoms with Crippen LogP contribution in [0.2, 0.25) is 0 Å². The molecule has 1 rings (SSSR count). The van der Waals surface area contributed by atoms with Crippen molar-refractivity contribution in [2.45, 2.75) is 32.9 Å². The molecule has 4 nitrogen and oxygen atoms in total. The molecule has 2 atom stereocenters. The van der Waals surface area contributed by atoms with Crippen molar-refractivity contribution in [2.24, 2.45) is 0 Å². The molecule has 16 heavy (non-hydrogen) atoms. The van der Waals surface area contributed by atoms with E-state index in [1.54, 1.807) is 0 Å². The van der Waals surface area contributed by atoms with Gasteiger partial charge in [-0.1, -0.05) is 0 Å². The monoisotopic (exact) mass is 245 g/mol. The normalized spacial score (nSPS) is 16.0. The van der Waals surface area contributed by atoms with Crippen LogP contribution >= 0.6 is 0 Å². The van der Waals surface area contributed by atoms with Crippen molar-refractivity contribution < 1.29 is 12.8 Å². The molecule has 5 heteroatoms. The molecular formula is C11H19NO3S. The van der Waals surface area contributed by atoms with E-state index in [0.29, 0.717) is 0 Å². The van der Waals surface area contributed by atoms with E-state index < -0.39 is 9.84 Å². The third kappa shape index (κ3) is 4.37. The van der Waals surface area contributed by atoms with Crippen LogP contribution in [0.3, 0.4) is 0 Å². The van der Waals surface area contributed by atoms with Crippen LogP contribution in [0.4, 0.5) is 0 Å². The molecule has 0 aliphatic carbocycles. The number of sulfone groups is 1. The molecule has 0 aromatic carbocycles. The van der Waals surface area contributed by atoms with Crippen molar-refractivity contribution >= 4 is 9.84 Å². The van der Waals surface area contributed by atoms with Gasteiger partial charge in [0, 0.05) is 12.3 Å². The van der Waals surface area contributed by atoms with E-state index in [0.717, 1.165) is 11.5 Å². The van der Waals surface area contributed by atoms with Gasteiger partial charge in [-0.15, -0.1) is 0 Å². The van der Waals surface area contributed by atoms with Crippen LogP contribution in [-0.4, -0.2) is 26.5 Å². The average Bonchev–Trinajstić information content (AvgIpc) is 2.47. The van der Waals surface area contributed by atoms with E-state index in [-0.39, 0.29) is 17.8 Å². The van der Waals surface area contributed by atoms with Gasteiger partial charge in [-0.05, 0) is 32.9 Å². The minimum Gasteiger partial charge on any atom is -0.465 e. The summed E-state index contributed by atoms with van der Waals surface area (Å²) in [6.07, 6.45) is 1.24. The third-order valence-corrected chi connectivity index (χ3v) is 3.38. The molecule has 0 fully saturated rings. The number of furan rings is 1. The van der Waals surface area contributed by atoms with Gasteiger partial charge in [-0.3, -0.25) is 0 Å². The van der Waals surface area contributed by atoms with Gasteiger partial charge in [0.15, 0.2) is 0 Å². The van der Waals surface area contributed by atoms with Crippen LogP contribution < -0.4 is 5.32 Å². The topological polar surface area (TPSA) is 59.3 Å². The van der Waals surface area contributed by atoms with Crippen LogP contribution in [0, 0.1) is 6.92 Å². The number of aryl methyl sites for hydroxylation is 1. The Bertz CT molecular complexity index is 436. The maximum atomic E-state index is 11.1. The lowest BCUT2D eigenvalue weighted by Gasteiger charge is -2.17. The molecule has 0 saturated heterocycles. The van der Waals surface area contributed by atoms with Crippen molar-refractivity contribution in [3.05, 3.63) is 23.7 Å². The molecular weight excluding hydrogens is 226 g/mol. The summed E-state index contributed by atoms with van der Waals surface area (Å²) in [5, 5.41) is 3.19. The highest BCUT2D eigenvalue weighted by molar-refractivity contribution is 7.90. The summed E-state index contributed by atoms with van der Waals surface area (Å²) in [5.74, 6) is 1.83. The molecule has 1 heterocycles. The Hall–Kier alpha value is -0.810. The Balaban J connectivity index is 2.55. The summed E-state index contributed by atoms with van der Waals surface area (Å²) in [4.78, 5) is 0. The number of nitrogens with one attached hydrogen (secondary N) is 1. The predicted molar refractivity (Wildman–Crippen MR) is 64.2 cm³/mol. The summed E-state index contributed by atoms with van der Waals surface area (Å²) in [5.41, 5.74) is 0. The van der Waals surface area contributed by atoms with Crippen molar-refractivity contribution in [1.29, 1.82) is 0 Å². The van der Waals surface area contributed by atoms with Gasteiger partial charge >= 0.3 is 0 Å². The Morgan fingerprint density at radius 1 is 1.38 bits per heavy atom. The van der Waals surface area contributed by atoms with Gasteiger partial charge in [0.25, 0.3) is 0 Å². The van der Waals surface area contributed by atoms with E-state index in [1.165, 1.54) is 6.26 Å². The smallest absolute Gasteiger partial charge is 0.148 e. The van der Waals surface area contributed by atoms with Gasteiger partial charge < -0.3 is 9.73 Å². The Kier molecular flexibility index (Phi) is 4.15. The Morgan fingerprint density at radius 3 is 2.44 bits per heavy atom. The predicted octanol–water partition coefficient (Wildman–Crippen LogP) is 1.67. The first-order valence-electron chi connectivity index (χ1n) is 5.28. The SMILES string of the molecule is Cc1ccc(C(C)NC(C)CS(C)(=O)=O)o1. The van der Waals surface area contributed by atoms with Gasteiger partial charge in [0.05, 0.1) is 11.8 Å². The number of hydrogen-bond acceptors (Lipinski definition) is 4. The zero-order valence-corrected chi connectivity index (χ0v) is 11.0. The third-order valence-electron chi connectivity index (χ3n) is 2.28. The fourth-order valence-corrected chi connectivity index (χ4v) is 2.70. The van der Waals surface area contributed by atoms with Crippen LogP contribution in [0.5, 0.6) is 0 Å². The first-order chi connectivity index (χ1) is 7.28. The summed E-state index contributed by atoms with van der Waals surface area (Å²) >= 11 is 0. The molecule has 1 N–H and O–H groups in total. The fraction of sp³-hybridized carbons (Fsp3) is 0.636. The maximum absolute atomic E-state index is 11.1. The lowest BCUT2D eigenvalue weighted by Crippen LogP contribution is -2.34. The standard InChI is InChI=1S/C11H19NO3S/c1-8(7-16(4,13)14)12-10(3)11-6-5-9(2)15-11/h5-6,8,10,12H,7H2,1-4H3. The molecule has 0 saturated carbocycles. The highest BCUT2D eigenvalue weighted by Crippen LogP contribution is 2.16. The second-order valence-electron chi connectivity index (χ2n) is 4.33. The summed E-state index contributed by atoms with van der Waals surface area (Å²) in [6, 6.07) is 3.73. The lowest BCUT2D eigenvalue weighted by molar-refractivity contribution is 0.397. The maximum Gasteiger partial charge on any atom is 0.148 e. The van der Waals surface area contributed by atoms with Crippen molar-refractivity contribution in [3.8, 4) is 0 Å². The van der Waals surface area contributed by atoms with Crippen LogP contribution in [-0.2, 0) is 9.84 Å². The molecule has 0 aliphatic heterocycles. The minimum atomic E-state index is -2.94. The van der Waals surface area contributed by atoms with E-state index >= 15 is 0 Å². The number of hydrogen-bond donors (Lipinski definition) is 1. The Labute approximate surface area is 97.0 Å². The molecule has 1 aromatic heterocycles. The van der Waals surface area contributed by atoms with Crippen molar-refractivity contribution in [3.63, 3.8) is 0 Å². The van der Waals surface area contributed by atoms with Gasteiger partial charge in [-0.2, -0.15) is 0 Å². The lowest BCUT2D eigenvalue weighted by atomic mass is 10.2.